The summed E-state index contributed by atoms with van der Waals surface area (Å²) in [7, 11) is 2.17. The van der Waals surface area contributed by atoms with Crippen LogP contribution in [0.15, 0.2) is 24.3 Å². The number of aryl methyl sites for hydroxylation is 1. The molecule has 1 heterocycles. The molecule has 3 nitrogen and oxygen atoms in total. The van der Waals surface area contributed by atoms with Gasteiger partial charge in [-0.15, -0.1) is 0 Å². The van der Waals surface area contributed by atoms with Crippen molar-refractivity contribution in [1.29, 1.82) is 0 Å². The summed E-state index contributed by atoms with van der Waals surface area (Å²) in [5.74, 6) is 0. The molecule has 0 aliphatic carbocycles. The van der Waals surface area contributed by atoms with Crippen molar-refractivity contribution in [2.45, 2.75) is 32.4 Å². The van der Waals surface area contributed by atoms with Gasteiger partial charge in [0, 0.05) is 13.1 Å². The highest BCUT2D eigenvalue weighted by Gasteiger charge is 2.27. The first-order valence-corrected chi connectivity index (χ1v) is 7.37. The molecule has 2 rings (SSSR count). The summed E-state index contributed by atoms with van der Waals surface area (Å²) in [4.78, 5) is 2.35. The van der Waals surface area contributed by atoms with Gasteiger partial charge in [-0.3, -0.25) is 0 Å². The van der Waals surface area contributed by atoms with Gasteiger partial charge in [-0.2, -0.15) is 0 Å². The van der Waals surface area contributed by atoms with E-state index in [1.54, 1.807) is 0 Å². The fraction of sp³-hybridized carbons (Fsp3) is 0.625. The fourth-order valence-electron chi connectivity index (χ4n) is 2.70. The lowest BCUT2D eigenvalue weighted by molar-refractivity contribution is -0.0390. The van der Waals surface area contributed by atoms with Crippen molar-refractivity contribution in [1.82, 2.24) is 10.2 Å². The smallest absolute Gasteiger partial charge is 0.0896 e. The molecule has 2 unspecified atom stereocenters. The van der Waals surface area contributed by atoms with Crippen LogP contribution in [0, 0.1) is 0 Å². The zero-order valence-corrected chi connectivity index (χ0v) is 12.4. The minimum atomic E-state index is 0.241. The lowest BCUT2D eigenvalue weighted by Gasteiger charge is -2.36. The van der Waals surface area contributed by atoms with Gasteiger partial charge in [-0.25, -0.2) is 0 Å². The van der Waals surface area contributed by atoms with Crippen LogP contribution in [0.2, 0.25) is 0 Å². The Kier molecular flexibility index (Phi) is 5.37. The maximum absolute atomic E-state index is 5.99. The SMILES string of the molecule is CCNC(c1cccc(CC)c1)C1CN(C)CCO1. The summed E-state index contributed by atoms with van der Waals surface area (Å²) in [6, 6.07) is 9.17. The Morgan fingerprint density at radius 3 is 2.95 bits per heavy atom. The first kappa shape index (κ1) is 14.5. The summed E-state index contributed by atoms with van der Waals surface area (Å²) in [5, 5.41) is 3.59. The molecule has 0 radical (unpaired) electrons. The Labute approximate surface area is 116 Å². The predicted octanol–water partition coefficient (Wildman–Crippen LogP) is 2.23. The van der Waals surface area contributed by atoms with Gasteiger partial charge >= 0.3 is 0 Å². The van der Waals surface area contributed by atoms with Gasteiger partial charge < -0.3 is 15.0 Å². The van der Waals surface area contributed by atoms with E-state index < -0.39 is 0 Å². The summed E-state index contributed by atoms with van der Waals surface area (Å²) >= 11 is 0. The third-order valence-corrected chi connectivity index (χ3v) is 3.81. The lowest BCUT2D eigenvalue weighted by Crippen LogP contribution is -2.46. The summed E-state index contributed by atoms with van der Waals surface area (Å²) in [6.45, 7) is 8.18. The normalized spacial score (nSPS) is 22.4. The third-order valence-electron chi connectivity index (χ3n) is 3.81. The largest absolute Gasteiger partial charge is 0.374 e. The highest BCUT2D eigenvalue weighted by Crippen LogP contribution is 2.23. The van der Waals surface area contributed by atoms with E-state index in [1.807, 2.05) is 0 Å². The van der Waals surface area contributed by atoms with Gasteiger partial charge in [-0.05, 0) is 31.1 Å². The highest BCUT2D eigenvalue weighted by molar-refractivity contribution is 5.27. The molecule has 0 amide bonds. The van der Waals surface area contributed by atoms with Gasteiger partial charge in [0.2, 0.25) is 0 Å². The fourth-order valence-corrected chi connectivity index (χ4v) is 2.70. The Balaban J connectivity index is 2.17. The van der Waals surface area contributed by atoms with Gasteiger partial charge in [0.05, 0.1) is 18.8 Å². The predicted molar refractivity (Wildman–Crippen MR) is 79.5 cm³/mol. The molecule has 19 heavy (non-hydrogen) atoms. The average molecular weight is 262 g/mol. The van der Waals surface area contributed by atoms with Crippen LogP contribution in [-0.2, 0) is 11.2 Å². The Morgan fingerprint density at radius 1 is 1.42 bits per heavy atom. The van der Waals surface area contributed by atoms with E-state index in [4.69, 9.17) is 4.74 Å². The van der Waals surface area contributed by atoms with Crippen LogP contribution in [0.25, 0.3) is 0 Å². The molecule has 0 spiro atoms. The van der Waals surface area contributed by atoms with Crippen LogP contribution in [0.5, 0.6) is 0 Å². The number of morpholine rings is 1. The highest BCUT2D eigenvalue weighted by atomic mass is 16.5. The molecule has 0 saturated carbocycles. The van der Waals surface area contributed by atoms with Crippen LogP contribution in [0.4, 0.5) is 0 Å². The average Bonchev–Trinajstić information content (AvgIpc) is 2.45. The second-order valence-electron chi connectivity index (χ2n) is 5.31. The van der Waals surface area contributed by atoms with Crippen molar-refractivity contribution in [3.8, 4) is 0 Å². The minimum Gasteiger partial charge on any atom is -0.374 e. The second-order valence-corrected chi connectivity index (χ2v) is 5.31. The first-order valence-electron chi connectivity index (χ1n) is 7.37. The number of rotatable bonds is 5. The Hall–Kier alpha value is -0.900. The van der Waals surface area contributed by atoms with Crippen molar-refractivity contribution in [3.05, 3.63) is 35.4 Å². The number of nitrogens with one attached hydrogen (secondary N) is 1. The molecule has 1 aliphatic rings. The molecule has 1 aliphatic heterocycles. The van der Waals surface area contributed by atoms with Crippen LogP contribution in [-0.4, -0.2) is 44.3 Å². The van der Waals surface area contributed by atoms with Crippen LogP contribution in [0.1, 0.15) is 31.0 Å². The van der Waals surface area contributed by atoms with Crippen LogP contribution < -0.4 is 5.32 Å². The molecular formula is C16H26N2O. The molecule has 2 atom stereocenters. The number of benzene rings is 1. The molecule has 1 fully saturated rings. The maximum atomic E-state index is 5.99. The van der Waals surface area contributed by atoms with Gasteiger partial charge in [0.1, 0.15) is 0 Å². The molecule has 1 aromatic carbocycles. The van der Waals surface area contributed by atoms with Crippen molar-refractivity contribution < 1.29 is 4.74 Å². The molecule has 0 bridgehead atoms. The summed E-state index contributed by atoms with van der Waals surface area (Å²) in [5.41, 5.74) is 2.74. The van der Waals surface area contributed by atoms with Crippen molar-refractivity contribution in [3.63, 3.8) is 0 Å². The van der Waals surface area contributed by atoms with E-state index in [0.717, 1.165) is 32.7 Å². The van der Waals surface area contributed by atoms with E-state index in [0.29, 0.717) is 6.04 Å². The monoisotopic (exact) mass is 262 g/mol. The summed E-state index contributed by atoms with van der Waals surface area (Å²) in [6.07, 6.45) is 1.32. The molecular weight excluding hydrogens is 236 g/mol. The zero-order valence-electron chi connectivity index (χ0n) is 12.4. The molecule has 1 N–H and O–H groups in total. The molecule has 1 aromatic rings. The topological polar surface area (TPSA) is 24.5 Å². The minimum absolute atomic E-state index is 0.241. The third kappa shape index (κ3) is 3.78. The van der Waals surface area contributed by atoms with E-state index in [2.05, 4.69) is 55.4 Å². The molecule has 106 valence electrons. The van der Waals surface area contributed by atoms with Crippen LogP contribution >= 0.6 is 0 Å². The van der Waals surface area contributed by atoms with Gasteiger partial charge in [-0.1, -0.05) is 38.1 Å². The second kappa shape index (κ2) is 7.04. The van der Waals surface area contributed by atoms with Crippen molar-refractivity contribution >= 4 is 0 Å². The number of likely N-dealkylation sites (N-methyl/N-ethyl adjacent to an activating group) is 2. The Bertz CT molecular complexity index is 394. The van der Waals surface area contributed by atoms with Gasteiger partial charge in [0.15, 0.2) is 0 Å². The summed E-state index contributed by atoms with van der Waals surface area (Å²) < 4.78 is 5.99. The molecule has 0 aromatic heterocycles. The maximum Gasteiger partial charge on any atom is 0.0896 e. The number of ether oxygens (including phenoxy) is 1. The van der Waals surface area contributed by atoms with E-state index in [-0.39, 0.29) is 6.10 Å². The standard InChI is InChI=1S/C16H26N2O/c1-4-13-7-6-8-14(11-13)16(17-5-2)15-12-18(3)9-10-19-15/h6-8,11,15-17H,4-5,9-10,12H2,1-3H3. The van der Waals surface area contributed by atoms with E-state index in [1.165, 1.54) is 11.1 Å². The number of hydrogen-bond acceptors (Lipinski definition) is 3. The van der Waals surface area contributed by atoms with Gasteiger partial charge in [0.25, 0.3) is 0 Å². The molecule has 1 saturated heterocycles. The number of nitrogens with zero attached hydrogens (tertiary/aromatic N) is 1. The lowest BCUT2D eigenvalue weighted by atomic mass is 9.97. The van der Waals surface area contributed by atoms with E-state index >= 15 is 0 Å². The quantitative estimate of drug-likeness (QED) is 0.880. The Morgan fingerprint density at radius 2 is 2.26 bits per heavy atom. The van der Waals surface area contributed by atoms with E-state index in [9.17, 15) is 0 Å². The van der Waals surface area contributed by atoms with Crippen LogP contribution in [0.3, 0.4) is 0 Å². The number of hydrogen-bond donors (Lipinski definition) is 1. The first-order chi connectivity index (χ1) is 9.24. The van der Waals surface area contributed by atoms with Crippen molar-refractivity contribution in [2.24, 2.45) is 0 Å². The zero-order chi connectivity index (χ0) is 13.7. The van der Waals surface area contributed by atoms with Crippen molar-refractivity contribution in [2.75, 3.05) is 33.3 Å². The molecule has 3 heteroatoms.